The number of aliphatic hydroxyl groups excluding tert-OH is 1. The molecule has 0 aromatic heterocycles. The molecule has 5 atom stereocenters. The number of methoxy groups -OCH3 is 2. The number of carbonyl (C=O) groups excluding carboxylic acids is 2. The van der Waals surface area contributed by atoms with Crippen molar-refractivity contribution in [1.82, 2.24) is 0 Å². The lowest BCUT2D eigenvalue weighted by molar-refractivity contribution is -0.279. The summed E-state index contributed by atoms with van der Waals surface area (Å²) in [5.74, 6) is -2.62. The maximum Gasteiger partial charge on any atom is 0.432 e. The largest absolute Gasteiger partial charge is 0.466 e. The van der Waals surface area contributed by atoms with Gasteiger partial charge in [-0.1, -0.05) is 42.5 Å². The topological polar surface area (TPSA) is 91.3 Å². The van der Waals surface area contributed by atoms with Crippen LogP contribution in [0.25, 0.3) is 0 Å². The zero-order valence-electron chi connectivity index (χ0n) is 18.0. The second-order valence-electron chi connectivity index (χ2n) is 7.02. The molecular formula is C22H25F3O7. The number of benzene rings is 1. The minimum atomic E-state index is -5.16. The summed E-state index contributed by atoms with van der Waals surface area (Å²) in [6.45, 7) is 2.99. The predicted octanol–water partition coefficient (Wildman–Crippen LogP) is 2.83. The molecule has 0 spiro atoms. The number of halogens is 3. The van der Waals surface area contributed by atoms with Crippen LogP contribution in [0.1, 0.15) is 19.4 Å². The van der Waals surface area contributed by atoms with Crippen LogP contribution in [0.15, 0.2) is 54.1 Å². The molecule has 7 nitrogen and oxygen atoms in total. The van der Waals surface area contributed by atoms with Crippen LogP contribution in [-0.2, 0) is 34.1 Å². The summed E-state index contributed by atoms with van der Waals surface area (Å²) in [5, 5.41) is 9.99. The van der Waals surface area contributed by atoms with Crippen LogP contribution in [0, 0.1) is 0 Å². The fraction of sp³-hybridized carbons (Fsp3) is 0.455. The van der Waals surface area contributed by atoms with Gasteiger partial charge in [-0.2, -0.15) is 13.2 Å². The molecule has 1 aliphatic heterocycles. The molecule has 0 amide bonds. The van der Waals surface area contributed by atoms with Crippen LogP contribution in [-0.4, -0.2) is 61.9 Å². The lowest BCUT2D eigenvalue weighted by Crippen LogP contribution is -2.54. The van der Waals surface area contributed by atoms with Gasteiger partial charge in [0.15, 0.2) is 6.10 Å². The molecule has 10 heteroatoms. The first-order valence-corrected chi connectivity index (χ1v) is 9.68. The van der Waals surface area contributed by atoms with Crippen molar-refractivity contribution in [2.24, 2.45) is 0 Å². The second kappa shape index (κ2) is 10.3. The van der Waals surface area contributed by atoms with Crippen LogP contribution in [0.5, 0.6) is 0 Å². The number of aliphatic hydroxyl groups is 1. The molecule has 1 aliphatic rings. The molecule has 0 saturated heterocycles. The fourth-order valence-corrected chi connectivity index (χ4v) is 3.40. The highest BCUT2D eigenvalue weighted by molar-refractivity contribution is 5.90. The van der Waals surface area contributed by atoms with Crippen LogP contribution in [0.2, 0.25) is 0 Å². The van der Waals surface area contributed by atoms with Crippen molar-refractivity contribution >= 4 is 11.9 Å². The summed E-state index contributed by atoms with van der Waals surface area (Å²) in [5.41, 5.74) is -4.07. The van der Waals surface area contributed by atoms with Gasteiger partial charge in [0.05, 0.1) is 18.8 Å². The van der Waals surface area contributed by atoms with Crippen LogP contribution in [0.3, 0.4) is 0 Å². The maximum absolute atomic E-state index is 14.1. The summed E-state index contributed by atoms with van der Waals surface area (Å²) in [6.07, 6.45) is -5.86. The molecular weight excluding hydrogens is 433 g/mol. The zero-order valence-corrected chi connectivity index (χ0v) is 18.0. The molecule has 1 aromatic carbocycles. The lowest BCUT2D eigenvalue weighted by atomic mass is 9.92. The van der Waals surface area contributed by atoms with Crippen molar-refractivity contribution in [2.75, 3.05) is 14.2 Å². The predicted molar refractivity (Wildman–Crippen MR) is 106 cm³/mol. The van der Waals surface area contributed by atoms with E-state index in [1.807, 2.05) is 0 Å². The van der Waals surface area contributed by atoms with E-state index < -0.39 is 53.7 Å². The Kier molecular flexibility index (Phi) is 8.22. The quantitative estimate of drug-likeness (QED) is 0.496. The number of carbonyl (C=O) groups is 2. The standard InChI is InChI=1S/C22H25F3O7/c1-5-9-16-17(12-15(19(27)29-3)18(31-16)13(2)26)32-20(28)21(30-4,22(23,24)25)14-10-7-6-8-11-14/h5-13,16-18,26H,1-4H3/b9-5+/t13-,16-,17+,18+,21+/m0/s1. The first-order valence-electron chi connectivity index (χ1n) is 9.68. The average Bonchev–Trinajstić information content (AvgIpc) is 2.74. The Morgan fingerprint density at radius 2 is 1.81 bits per heavy atom. The Balaban J connectivity index is 2.55. The number of allylic oxidation sites excluding steroid dienone is 1. The molecule has 32 heavy (non-hydrogen) atoms. The van der Waals surface area contributed by atoms with Crippen LogP contribution < -0.4 is 0 Å². The summed E-state index contributed by atoms with van der Waals surface area (Å²) in [7, 11) is 1.85. The van der Waals surface area contributed by atoms with E-state index >= 15 is 0 Å². The van der Waals surface area contributed by atoms with Crippen LogP contribution in [0.4, 0.5) is 13.2 Å². The van der Waals surface area contributed by atoms with Crippen molar-refractivity contribution in [1.29, 1.82) is 0 Å². The van der Waals surface area contributed by atoms with Gasteiger partial charge in [0.1, 0.15) is 12.2 Å². The highest BCUT2D eigenvalue weighted by atomic mass is 19.4. The summed E-state index contributed by atoms with van der Waals surface area (Å²) in [4.78, 5) is 25.1. The van der Waals surface area contributed by atoms with Gasteiger partial charge in [-0.15, -0.1) is 0 Å². The van der Waals surface area contributed by atoms with E-state index in [1.165, 1.54) is 37.3 Å². The summed E-state index contributed by atoms with van der Waals surface area (Å²) >= 11 is 0. The third-order valence-electron chi connectivity index (χ3n) is 4.94. The van der Waals surface area contributed by atoms with Crippen molar-refractivity contribution in [3.63, 3.8) is 0 Å². The number of alkyl halides is 3. The molecule has 0 unspecified atom stereocenters. The van der Waals surface area contributed by atoms with E-state index in [4.69, 9.17) is 14.2 Å². The Hall–Kier alpha value is -2.69. The molecule has 0 bridgehead atoms. The summed E-state index contributed by atoms with van der Waals surface area (Å²) < 4.78 is 62.7. The van der Waals surface area contributed by atoms with Crippen molar-refractivity contribution in [3.8, 4) is 0 Å². The number of hydrogen-bond donors (Lipinski definition) is 1. The van der Waals surface area contributed by atoms with Crippen molar-refractivity contribution in [2.45, 2.75) is 50.0 Å². The molecule has 2 rings (SSSR count). The van der Waals surface area contributed by atoms with E-state index in [2.05, 4.69) is 4.74 Å². The van der Waals surface area contributed by atoms with Gasteiger partial charge < -0.3 is 24.1 Å². The van der Waals surface area contributed by atoms with E-state index in [9.17, 15) is 27.9 Å². The van der Waals surface area contributed by atoms with Crippen molar-refractivity contribution in [3.05, 3.63) is 59.7 Å². The molecule has 1 aromatic rings. The third-order valence-corrected chi connectivity index (χ3v) is 4.94. The minimum Gasteiger partial charge on any atom is -0.466 e. The van der Waals surface area contributed by atoms with E-state index in [1.54, 1.807) is 6.92 Å². The normalized spacial score (nSPS) is 24.4. The van der Waals surface area contributed by atoms with Gasteiger partial charge in [0, 0.05) is 12.7 Å². The minimum absolute atomic E-state index is 0.184. The molecule has 0 fully saturated rings. The Labute approximate surface area is 183 Å². The van der Waals surface area contributed by atoms with E-state index in [0.717, 1.165) is 32.4 Å². The number of ether oxygens (including phenoxy) is 4. The highest BCUT2D eigenvalue weighted by Crippen LogP contribution is 2.43. The molecule has 1 N–H and O–H groups in total. The summed E-state index contributed by atoms with van der Waals surface area (Å²) in [6, 6.07) is 6.34. The molecule has 1 heterocycles. The van der Waals surface area contributed by atoms with Gasteiger partial charge >= 0.3 is 18.1 Å². The van der Waals surface area contributed by atoms with E-state index in [0.29, 0.717) is 0 Å². The SMILES string of the molecule is C/C=C/[C@@H]1O[C@H]([C@H](C)O)C(C(=O)OC)=C[C@H]1OC(=O)[C@](OC)(c1ccccc1)C(F)(F)F. The van der Waals surface area contributed by atoms with Gasteiger partial charge in [-0.3, -0.25) is 0 Å². The smallest absolute Gasteiger partial charge is 0.432 e. The molecule has 0 saturated carbocycles. The lowest BCUT2D eigenvalue weighted by Gasteiger charge is -2.37. The average molecular weight is 458 g/mol. The Morgan fingerprint density at radius 3 is 2.28 bits per heavy atom. The number of hydrogen-bond acceptors (Lipinski definition) is 7. The molecule has 0 aliphatic carbocycles. The number of rotatable bonds is 7. The fourth-order valence-electron chi connectivity index (χ4n) is 3.40. The molecule has 0 radical (unpaired) electrons. The van der Waals surface area contributed by atoms with Crippen molar-refractivity contribution < 1.29 is 46.8 Å². The first kappa shape index (κ1) is 25.6. The first-order chi connectivity index (χ1) is 15.0. The zero-order chi connectivity index (χ0) is 24.1. The monoisotopic (exact) mass is 458 g/mol. The highest BCUT2D eigenvalue weighted by Gasteiger charge is 2.64. The Morgan fingerprint density at radius 1 is 1.19 bits per heavy atom. The van der Waals surface area contributed by atoms with Crippen LogP contribution >= 0.6 is 0 Å². The number of esters is 2. The Bertz CT molecular complexity index is 864. The van der Waals surface area contributed by atoms with Gasteiger partial charge in [0.2, 0.25) is 0 Å². The third kappa shape index (κ3) is 4.87. The van der Waals surface area contributed by atoms with Gasteiger partial charge in [-0.05, 0) is 19.9 Å². The second-order valence-corrected chi connectivity index (χ2v) is 7.02. The maximum atomic E-state index is 14.1. The molecule has 176 valence electrons. The van der Waals surface area contributed by atoms with Gasteiger partial charge in [0.25, 0.3) is 5.60 Å². The van der Waals surface area contributed by atoms with E-state index in [-0.39, 0.29) is 5.57 Å². The van der Waals surface area contributed by atoms with Gasteiger partial charge in [-0.25, -0.2) is 9.59 Å².